The van der Waals surface area contributed by atoms with Gasteiger partial charge in [0.25, 0.3) is 0 Å². The highest BCUT2D eigenvalue weighted by Gasteiger charge is 1.98. The highest BCUT2D eigenvalue weighted by Crippen LogP contribution is 2.17. The van der Waals surface area contributed by atoms with E-state index in [0.717, 1.165) is 30.0 Å². The second kappa shape index (κ2) is 23.8. The van der Waals surface area contributed by atoms with Crippen LogP contribution in [-0.2, 0) is 6.42 Å². The Labute approximate surface area is 242 Å². The number of rotatable bonds is 25. The van der Waals surface area contributed by atoms with Crippen LogP contribution in [0.3, 0.4) is 0 Å². The zero-order chi connectivity index (χ0) is 27.6. The zero-order valence-corrected chi connectivity index (χ0v) is 25.6. The molecule has 0 unspecified atom stereocenters. The van der Waals surface area contributed by atoms with E-state index in [-0.39, 0.29) is 0 Å². The summed E-state index contributed by atoms with van der Waals surface area (Å²) in [6.45, 7) is 5.37. The molecule has 0 bridgehead atoms. The van der Waals surface area contributed by atoms with Gasteiger partial charge in [-0.05, 0) is 66.8 Å². The summed E-state index contributed by atoms with van der Waals surface area (Å²) < 4.78 is 5.96. The molecule has 39 heavy (non-hydrogen) atoms. The average Bonchev–Trinajstić information content (AvgIpc) is 2.97. The fourth-order valence-corrected chi connectivity index (χ4v) is 5.14. The first-order valence-corrected chi connectivity index (χ1v) is 16.7. The van der Waals surface area contributed by atoms with Gasteiger partial charge in [0.2, 0.25) is 0 Å². The second-order valence-electron chi connectivity index (χ2n) is 11.5. The lowest BCUT2D eigenvalue weighted by atomic mass is 10.0. The Kier molecular flexibility index (Phi) is 20.2. The molecule has 0 N–H and O–H groups in total. The monoisotopic (exact) mass is 533 g/mol. The number of aliphatic imine (C=N–C) groups is 1. The van der Waals surface area contributed by atoms with Crippen LogP contribution in [-0.4, -0.2) is 12.8 Å². The summed E-state index contributed by atoms with van der Waals surface area (Å²) in [5.74, 6) is 0.959. The van der Waals surface area contributed by atoms with Crippen LogP contribution in [0.15, 0.2) is 53.5 Å². The van der Waals surface area contributed by atoms with E-state index in [1.807, 2.05) is 6.21 Å². The maximum Gasteiger partial charge on any atom is 0.119 e. The van der Waals surface area contributed by atoms with Gasteiger partial charge in [0, 0.05) is 6.21 Å². The third kappa shape index (κ3) is 18.0. The van der Waals surface area contributed by atoms with Crippen molar-refractivity contribution in [3.63, 3.8) is 0 Å². The van der Waals surface area contributed by atoms with Crippen molar-refractivity contribution < 1.29 is 4.74 Å². The number of benzene rings is 2. The third-order valence-corrected chi connectivity index (χ3v) is 7.76. The first-order valence-electron chi connectivity index (χ1n) is 16.7. The van der Waals surface area contributed by atoms with E-state index in [0.29, 0.717) is 0 Å². The Balaban J connectivity index is 1.43. The minimum Gasteiger partial charge on any atom is -0.494 e. The Morgan fingerprint density at radius 2 is 0.974 bits per heavy atom. The number of ether oxygens (including phenoxy) is 1. The first-order chi connectivity index (χ1) is 19.3. The second-order valence-corrected chi connectivity index (χ2v) is 11.5. The molecule has 0 fully saturated rings. The van der Waals surface area contributed by atoms with Crippen molar-refractivity contribution in [1.29, 1.82) is 0 Å². The first kappa shape index (κ1) is 33.1. The van der Waals surface area contributed by atoms with Crippen LogP contribution in [0, 0.1) is 0 Å². The van der Waals surface area contributed by atoms with Crippen LogP contribution in [0.2, 0.25) is 0 Å². The van der Waals surface area contributed by atoms with Gasteiger partial charge < -0.3 is 4.74 Å². The third-order valence-electron chi connectivity index (χ3n) is 7.76. The average molecular weight is 534 g/mol. The summed E-state index contributed by atoms with van der Waals surface area (Å²) in [4.78, 5) is 4.64. The molecule has 0 saturated carbocycles. The highest BCUT2D eigenvalue weighted by molar-refractivity contribution is 5.82. The number of hydrogen-bond acceptors (Lipinski definition) is 2. The molecule has 0 atom stereocenters. The summed E-state index contributed by atoms with van der Waals surface area (Å²) in [5.41, 5.74) is 3.53. The fourth-order valence-electron chi connectivity index (χ4n) is 5.14. The van der Waals surface area contributed by atoms with E-state index in [1.165, 1.54) is 134 Å². The Morgan fingerprint density at radius 3 is 1.49 bits per heavy atom. The van der Waals surface area contributed by atoms with E-state index in [1.54, 1.807) is 0 Å². The van der Waals surface area contributed by atoms with Crippen LogP contribution in [0.1, 0.15) is 153 Å². The van der Waals surface area contributed by atoms with Gasteiger partial charge in [-0.25, -0.2) is 0 Å². The van der Waals surface area contributed by atoms with E-state index in [4.69, 9.17) is 4.74 Å². The molecule has 2 nitrogen and oxygen atoms in total. The number of unbranched alkanes of at least 4 members (excludes halogenated alkanes) is 18. The van der Waals surface area contributed by atoms with Crippen molar-refractivity contribution in [2.75, 3.05) is 6.61 Å². The quantitative estimate of drug-likeness (QED) is 0.0918. The summed E-state index contributed by atoms with van der Waals surface area (Å²) in [7, 11) is 0. The van der Waals surface area contributed by atoms with Crippen LogP contribution in [0.4, 0.5) is 5.69 Å². The van der Waals surface area contributed by atoms with Gasteiger partial charge in [-0.1, -0.05) is 142 Å². The van der Waals surface area contributed by atoms with Gasteiger partial charge in [-0.3, -0.25) is 4.99 Å². The van der Waals surface area contributed by atoms with Crippen molar-refractivity contribution in [1.82, 2.24) is 0 Å². The molecule has 2 aromatic carbocycles. The van der Waals surface area contributed by atoms with Gasteiger partial charge in [0.1, 0.15) is 5.75 Å². The van der Waals surface area contributed by atoms with E-state index < -0.39 is 0 Å². The lowest BCUT2D eigenvalue weighted by Gasteiger charge is -2.07. The smallest absolute Gasteiger partial charge is 0.119 e. The molecule has 2 aromatic rings. The van der Waals surface area contributed by atoms with Crippen molar-refractivity contribution >= 4 is 11.9 Å². The molecule has 0 aromatic heterocycles. The lowest BCUT2D eigenvalue weighted by molar-refractivity contribution is 0.304. The topological polar surface area (TPSA) is 21.6 Å². The van der Waals surface area contributed by atoms with Gasteiger partial charge >= 0.3 is 0 Å². The molecule has 2 rings (SSSR count). The molecule has 0 spiro atoms. The molecule has 0 aliphatic carbocycles. The Bertz CT molecular complexity index is 824. The molecule has 0 aliphatic heterocycles. The highest BCUT2D eigenvalue weighted by atomic mass is 16.5. The predicted molar refractivity (Wildman–Crippen MR) is 173 cm³/mol. The molecule has 0 aliphatic rings. The number of aryl methyl sites for hydroxylation is 1. The molecular formula is C37H59NO. The largest absolute Gasteiger partial charge is 0.494 e. The van der Waals surface area contributed by atoms with E-state index >= 15 is 0 Å². The van der Waals surface area contributed by atoms with Gasteiger partial charge in [-0.2, -0.15) is 0 Å². The van der Waals surface area contributed by atoms with Gasteiger partial charge in [0.05, 0.1) is 12.3 Å². The maximum atomic E-state index is 5.96. The van der Waals surface area contributed by atoms with Crippen LogP contribution in [0.5, 0.6) is 5.75 Å². The minimum absolute atomic E-state index is 0.816. The van der Waals surface area contributed by atoms with Crippen molar-refractivity contribution in [2.45, 2.75) is 149 Å². The molecule has 2 heteroatoms. The molecular weight excluding hydrogens is 474 g/mol. The summed E-state index contributed by atoms with van der Waals surface area (Å²) in [6, 6.07) is 17.0. The maximum absolute atomic E-state index is 5.96. The lowest BCUT2D eigenvalue weighted by Crippen LogP contribution is -1.97. The van der Waals surface area contributed by atoms with E-state index in [9.17, 15) is 0 Å². The molecule has 218 valence electrons. The fraction of sp³-hybridized carbons (Fsp3) is 0.649. The molecule has 0 amide bonds. The standard InChI is InChI=1S/C37H59NO/c1-3-5-7-9-10-11-12-13-14-15-16-17-18-19-20-22-32-39-37-30-26-35(27-31-37)33-38-36-28-24-34(25-29-36)23-21-8-6-4-2/h24-31,33H,3-23,32H2,1-2H3. The Morgan fingerprint density at radius 1 is 0.513 bits per heavy atom. The van der Waals surface area contributed by atoms with Crippen LogP contribution >= 0.6 is 0 Å². The minimum atomic E-state index is 0.816. The summed E-state index contributed by atoms with van der Waals surface area (Å²) in [6.07, 6.45) is 30.7. The zero-order valence-electron chi connectivity index (χ0n) is 25.6. The Hall–Kier alpha value is -2.09. The van der Waals surface area contributed by atoms with Crippen molar-refractivity contribution in [3.8, 4) is 5.75 Å². The summed E-state index contributed by atoms with van der Waals surface area (Å²) >= 11 is 0. The van der Waals surface area contributed by atoms with E-state index in [2.05, 4.69) is 67.4 Å². The summed E-state index contributed by atoms with van der Waals surface area (Å²) in [5, 5.41) is 0. The number of hydrogen-bond donors (Lipinski definition) is 0. The number of nitrogens with zero attached hydrogens (tertiary/aromatic N) is 1. The van der Waals surface area contributed by atoms with Crippen molar-refractivity contribution in [2.24, 2.45) is 4.99 Å². The molecule has 0 radical (unpaired) electrons. The normalized spacial score (nSPS) is 11.4. The molecule has 0 saturated heterocycles. The SMILES string of the molecule is CCCCCCCCCCCCCCCCCCOc1ccc(C=Nc2ccc(CCCCCC)cc2)cc1. The van der Waals surface area contributed by atoms with Crippen LogP contribution in [0.25, 0.3) is 0 Å². The van der Waals surface area contributed by atoms with Gasteiger partial charge in [0.15, 0.2) is 0 Å². The molecule has 0 heterocycles. The predicted octanol–water partition coefficient (Wildman–Crippen LogP) is 12.2. The van der Waals surface area contributed by atoms with Gasteiger partial charge in [-0.15, -0.1) is 0 Å². The van der Waals surface area contributed by atoms with Crippen LogP contribution < -0.4 is 4.74 Å². The van der Waals surface area contributed by atoms with Crippen molar-refractivity contribution in [3.05, 3.63) is 59.7 Å².